The van der Waals surface area contributed by atoms with Crippen molar-refractivity contribution in [3.63, 3.8) is 0 Å². The predicted molar refractivity (Wildman–Crippen MR) is 91.2 cm³/mol. The van der Waals surface area contributed by atoms with E-state index in [0.717, 1.165) is 36.6 Å². The minimum Gasteiger partial charge on any atom is -0.354 e. The van der Waals surface area contributed by atoms with Gasteiger partial charge >= 0.3 is 0 Å². The van der Waals surface area contributed by atoms with Gasteiger partial charge in [-0.2, -0.15) is 0 Å². The molecule has 1 atom stereocenters. The Labute approximate surface area is 140 Å². The molecule has 0 aliphatic carbocycles. The monoisotopic (exact) mass is 327 g/mol. The summed E-state index contributed by atoms with van der Waals surface area (Å²) in [7, 11) is 1.58. The molecule has 2 aromatic heterocycles. The molecule has 8 heteroatoms. The molecule has 0 bridgehead atoms. The van der Waals surface area contributed by atoms with Gasteiger partial charge in [-0.1, -0.05) is 0 Å². The maximum Gasteiger partial charge on any atom is 0.288 e. The molecule has 3 rings (SSSR count). The molecular formula is C16H21N7O. The van der Waals surface area contributed by atoms with Gasteiger partial charge in [-0.25, -0.2) is 19.9 Å². The molecule has 1 aliphatic heterocycles. The molecule has 126 valence electrons. The van der Waals surface area contributed by atoms with E-state index in [1.165, 1.54) is 0 Å². The molecule has 0 unspecified atom stereocenters. The summed E-state index contributed by atoms with van der Waals surface area (Å²) in [6.07, 6.45) is 4.39. The second-order valence-electron chi connectivity index (χ2n) is 5.81. The summed E-state index contributed by atoms with van der Waals surface area (Å²) in [6, 6.07) is 2.03. The van der Waals surface area contributed by atoms with Crippen LogP contribution in [0, 0.1) is 13.8 Å². The SMILES string of the molecule is CNC(=O)c1nc(C)c(C)c(N2CC[C@@H](Nc3ncccn3)C2)n1. The Kier molecular flexibility index (Phi) is 4.54. The summed E-state index contributed by atoms with van der Waals surface area (Å²) in [5.74, 6) is 1.38. The number of aromatic nitrogens is 4. The lowest BCUT2D eigenvalue weighted by Crippen LogP contribution is -2.29. The van der Waals surface area contributed by atoms with Crippen LogP contribution in [-0.2, 0) is 0 Å². The van der Waals surface area contributed by atoms with E-state index in [4.69, 9.17) is 0 Å². The second kappa shape index (κ2) is 6.77. The van der Waals surface area contributed by atoms with Crippen LogP contribution >= 0.6 is 0 Å². The van der Waals surface area contributed by atoms with E-state index in [1.54, 1.807) is 25.5 Å². The molecule has 3 heterocycles. The highest BCUT2D eigenvalue weighted by atomic mass is 16.2. The molecule has 1 saturated heterocycles. The molecule has 1 fully saturated rings. The van der Waals surface area contributed by atoms with Gasteiger partial charge in [-0.3, -0.25) is 4.79 Å². The number of aryl methyl sites for hydroxylation is 1. The smallest absolute Gasteiger partial charge is 0.288 e. The number of nitrogens with zero attached hydrogens (tertiary/aromatic N) is 5. The topological polar surface area (TPSA) is 95.9 Å². The van der Waals surface area contributed by atoms with E-state index < -0.39 is 0 Å². The molecule has 24 heavy (non-hydrogen) atoms. The lowest BCUT2D eigenvalue weighted by atomic mass is 10.2. The van der Waals surface area contributed by atoms with Gasteiger partial charge in [-0.05, 0) is 26.3 Å². The molecule has 0 saturated carbocycles. The summed E-state index contributed by atoms with van der Waals surface area (Å²) < 4.78 is 0. The maximum atomic E-state index is 11.9. The van der Waals surface area contributed by atoms with E-state index in [0.29, 0.717) is 5.95 Å². The fraction of sp³-hybridized carbons (Fsp3) is 0.438. The van der Waals surface area contributed by atoms with Crippen molar-refractivity contribution in [3.8, 4) is 0 Å². The third kappa shape index (κ3) is 3.27. The highest BCUT2D eigenvalue weighted by Gasteiger charge is 2.26. The standard InChI is InChI=1S/C16H21N7O/c1-10-11(2)20-13(15(24)17-3)22-14(10)23-8-5-12(9-23)21-16-18-6-4-7-19-16/h4,6-7,12H,5,8-9H2,1-3H3,(H,17,24)(H,18,19,21)/t12-/m1/s1. The largest absolute Gasteiger partial charge is 0.354 e. The average Bonchev–Trinajstić information content (AvgIpc) is 3.05. The number of amides is 1. The van der Waals surface area contributed by atoms with Gasteiger partial charge in [0.2, 0.25) is 11.8 Å². The molecule has 1 aliphatic rings. The van der Waals surface area contributed by atoms with Crippen LogP contribution in [0.15, 0.2) is 18.5 Å². The Morgan fingerprint density at radius 1 is 1.25 bits per heavy atom. The molecule has 0 aromatic carbocycles. The minimum absolute atomic E-state index is 0.207. The Morgan fingerprint density at radius 3 is 2.71 bits per heavy atom. The molecule has 2 N–H and O–H groups in total. The zero-order chi connectivity index (χ0) is 17.1. The number of rotatable bonds is 4. The van der Waals surface area contributed by atoms with Crippen molar-refractivity contribution >= 4 is 17.7 Å². The van der Waals surface area contributed by atoms with Crippen LogP contribution in [0.2, 0.25) is 0 Å². The number of carbonyl (C=O) groups is 1. The number of anilines is 2. The van der Waals surface area contributed by atoms with Gasteiger partial charge in [0.25, 0.3) is 5.91 Å². The summed E-state index contributed by atoms with van der Waals surface area (Å²) in [5.41, 5.74) is 1.82. The van der Waals surface area contributed by atoms with Crippen molar-refractivity contribution in [2.45, 2.75) is 26.3 Å². The van der Waals surface area contributed by atoms with Crippen LogP contribution < -0.4 is 15.5 Å². The van der Waals surface area contributed by atoms with Crippen molar-refractivity contribution in [3.05, 3.63) is 35.5 Å². The quantitative estimate of drug-likeness (QED) is 0.862. The van der Waals surface area contributed by atoms with Gasteiger partial charge in [0.15, 0.2) is 0 Å². The molecule has 0 radical (unpaired) electrons. The highest BCUT2D eigenvalue weighted by Crippen LogP contribution is 2.24. The number of nitrogens with one attached hydrogen (secondary N) is 2. The molecule has 2 aromatic rings. The first-order valence-electron chi connectivity index (χ1n) is 7.94. The van der Waals surface area contributed by atoms with Crippen molar-refractivity contribution in [1.29, 1.82) is 0 Å². The second-order valence-corrected chi connectivity index (χ2v) is 5.81. The first-order valence-corrected chi connectivity index (χ1v) is 7.94. The molecule has 1 amide bonds. The Hall–Kier alpha value is -2.77. The van der Waals surface area contributed by atoms with E-state index in [9.17, 15) is 4.79 Å². The van der Waals surface area contributed by atoms with Crippen LogP contribution in [0.3, 0.4) is 0 Å². The van der Waals surface area contributed by atoms with Gasteiger partial charge < -0.3 is 15.5 Å². The van der Waals surface area contributed by atoms with Crippen molar-refractivity contribution in [2.75, 3.05) is 30.4 Å². The Bertz CT molecular complexity index is 735. The number of carbonyl (C=O) groups excluding carboxylic acids is 1. The highest BCUT2D eigenvalue weighted by molar-refractivity contribution is 5.90. The number of hydrogen-bond acceptors (Lipinski definition) is 7. The fourth-order valence-corrected chi connectivity index (χ4v) is 2.76. The lowest BCUT2D eigenvalue weighted by molar-refractivity contribution is 0.0952. The van der Waals surface area contributed by atoms with E-state index in [1.807, 2.05) is 13.8 Å². The van der Waals surface area contributed by atoms with Gasteiger partial charge in [0, 0.05) is 49.8 Å². The fourth-order valence-electron chi connectivity index (χ4n) is 2.76. The maximum absolute atomic E-state index is 11.9. The lowest BCUT2D eigenvalue weighted by Gasteiger charge is -2.21. The summed E-state index contributed by atoms with van der Waals surface area (Å²) in [4.78, 5) is 31.2. The summed E-state index contributed by atoms with van der Waals surface area (Å²) in [5, 5.41) is 5.91. The first-order chi connectivity index (χ1) is 11.6. The summed E-state index contributed by atoms with van der Waals surface area (Å²) >= 11 is 0. The van der Waals surface area contributed by atoms with Crippen LogP contribution in [0.1, 0.15) is 28.3 Å². The average molecular weight is 327 g/mol. The van der Waals surface area contributed by atoms with Crippen LogP contribution in [0.5, 0.6) is 0 Å². The van der Waals surface area contributed by atoms with Crippen molar-refractivity contribution in [2.24, 2.45) is 0 Å². The first kappa shape index (κ1) is 16.1. The van der Waals surface area contributed by atoms with Crippen molar-refractivity contribution in [1.82, 2.24) is 25.3 Å². The third-order valence-corrected chi connectivity index (χ3v) is 4.18. The van der Waals surface area contributed by atoms with Crippen molar-refractivity contribution < 1.29 is 4.79 Å². The summed E-state index contributed by atoms with van der Waals surface area (Å²) in [6.45, 7) is 5.52. The zero-order valence-electron chi connectivity index (χ0n) is 14.1. The Balaban J connectivity index is 1.78. The van der Waals surface area contributed by atoms with Gasteiger partial charge in [0.05, 0.1) is 0 Å². The number of hydrogen-bond donors (Lipinski definition) is 2. The minimum atomic E-state index is -0.272. The zero-order valence-corrected chi connectivity index (χ0v) is 14.1. The van der Waals surface area contributed by atoms with E-state index >= 15 is 0 Å². The predicted octanol–water partition coefficient (Wildman–Crippen LogP) is 0.934. The Morgan fingerprint density at radius 2 is 2.00 bits per heavy atom. The van der Waals surface area contributed by atoms with Crippen LogP contribution in [-0.4, -0.2) is 52.0 Å². The molecule has 0 spiro atoms. The van der Waals surface area contributed by atoms with Crippen LogP contribution in [0.4, 0.5) is 11.8 Å². The van der Waals surface area contributed by atoms with E-state index in [-0.39, 0.29) is 17.8 Å². The molecule has 8 nitrogen and oxygen atoms in total. The normalized spacial score (nSPS) is 17.0. The van der Waals surface area contributed by atoms with Gasteiger partial charge in [-0.15, -0.1) is 0 Å². The van der Waals surface area contributed by atoms with E-state index in [2.05, 4.69) is 35.5 Å². The van der Waals surface area contributed by atoms with Crippen LogP contribution in [0.25, 0.3) is 0 Å². The van der Waals surface area contributed by atoms with Gasteiger partial charge in [0.1, 0.15) is 5.82 Å². The third-order valence-electron chi connectivity index (χ3n) is 4.18. The molecular weight excluding hydrogens is 306 g/mol.